The monoisotopic (exact) mass is 550 g/mol. The van der Waals surface area contributed by atoms with E-state index in [1.165, 1.54) is 24.3 Å². The minimum absolute atomic E-state index is 0.134. The van der Waals surface area contributed by atoms with Gasteiger partial charge in [0.1, 0.15) is 34.5 Å². The molecule has 4 N–H and O–H groups in total. The van der Waals surface area contributed by atoms with Crippen LogP contribution in [0.5, 0.6) is 34.5 Å². The smallest absolute Gasteiger partial charge is 0.457 e. The van der Waals surface area contributed by atoms with Crippen molar-refractivity contribution in [2.75, 3.05) is 11.5 Å². The molecule has 4 rings (SSSR count). The molecule has 0 saturated carbocycles. The Morgan fingerprint density at radius 3 is 0.872 bits per heavy atom. The van der Waals surface area contributed by atoms with E-state index in [1.54, 1.807) is 24.3 Å². The zero-order valence-corrected chi connectivity index (χ0v) is 19.8. The van der Waals surface area contributed by atoms with E-state index in [0.29, 0.717) is 22.9 Å². The maximum absolute atomic E-state index is 14.0. The summed E-state index contributed by atoms with van der Waals surface area (Å²) in [6.07, 6.45) is -12.0. The Morgan fingerprint density at radius 1 is 0.385 bits per heavy atom. The van der Waals surface area contributed by atoms with Gasteiger partial charge in [0.25, 0.3) is 0 Å². The van der Waals surface area contributed by atoms with Crippen LogP contribution in [0.1, 0.15) is 0 Å². The molecule has 0 aromatic heterocycles. The average molecular weight is 550 g/mol. The second-order valence-corrected chi connectivity index (χ2v) is 8.10. The number of alkyl halides is 6. The number of nitrogens with two attached hydrogens (primary N) is 2. The Kier molecular flexibility index (Phi) is 7.39. The standard InChI is InChI=1S/C27H20F6N2O4/c28-26(29,30)25(27(31,32)33,38-23-13-9-21(10-14-23)36-19-5-1-17(34)2-6-19)39-24-15-11-22(12-16-24)37-20-7-3-18(35)4-8-20/h1-16H,34-35H2. The van der Waals surface area contributed by atoms with Gasteiger partial charge in [-0.1, -0.05) is 0 Å². The second kappa shape index (κ2) is 10.6. The van der Waals surface area contributed by atoms with E-state index in [4.69, 9.17) is 20.9 Å². The van der Waals surface area contributed by atoms with Crippen LogP contribution in [0.3, 0.4) is 0 Å². The van der Waals surface area contributed by atoms with E-state index in [1.807, 2.05) is 0 Å². The first-order valence-electron chi connectivity index (χ1n) is 11.1. The topological polar surface area (TPSA) is 89.0 Å². The Bertz CT molecular complexity index is 1260. The van der Waals surface area contributed by atoms with Crippen LogP contribution in [-0.4, -0.2) is 18.1 Å². The van der Waals surface area contributed by atoms with Gasteiger partial charge in [-0.3, -0.25) is 0 Å². The molecule has 0 saturated heterocycles. The largest absolute Gasteiger partial charge is 0.478 e. The van der Waals surface area contributed by atoms with Crippen LogP contribution in [0.2, 0.25) is 0 Å². The van der Waals surface area contributed by atoms with Crippen LogP contribution in [0.25, 0.3) is 0 Å². The van der Waals surface area contributed by atoms with E-state index in [9.17, 15) is 26.3 Å². The van der Waals surface area contributed by atoms with Crippen LogP contribution in [0.15, 0.2) is 97.1 Å². The van der Waals surface area contributed by atoms with Gasteiger partial charge in [0.05, 0.1) is 0 Å². The SMILES string of the molecule is Nc1ccc(Oc2ccc(OC(Oc3ccc(Oc4ccc(N)cc4)cc3)(C(F)(F)F)C(F)(F)F)cc2)cc1. The summed E-state index contributed by atoms with van der Waals surface area (Å²) < 4.78 is 104. The fourth-order valence-electron chi connectivity index (χ4n) is 3.24. The molecule has 0 aliphatic carbocycles. The van der Waals surface area contributed by atoms with Crippen molar-refractivity contribution in [3.05, 3.63) is 97.1 Å². The minimum atomic E-state index is -6.02. The first kappa shape index (κ1) is 27.3. The van der Waals surface area contributed by atoms with Crippen molar-refractivity contribution in [1.29, 1.82) is 0 Å². The van der Waals surface area contributed by atoms with Crippen molar-refractivity contribution in [2.24, 2.45) is 0 Å². The summed E-state index contributed by atoms with van der Waals surface area (Å²) in [6.45, 7) is 0. The zero-order valence-electron chi connectivity index (χ0n) is 19.8. The molecule has 0 aliphatic heterocycles. The third-order valence-electron chi connectivity index (χ3n) is 5.15. The summed E-state index contributed by atoms with van der Waals surface area (Å²) >= 11 is 0. The highest BCUT2D eigenvalue weighted by molar-refractivity contribution is 5.45. The highest BCUT2D eigenvalue weighted by atomic mass is 19.4. The van der Waals surface area contributed by atoms with Gasteiger partial charge in [-0.25, -0.2) is 0 Å². The molecule has 204 valence electrons. The average Bonchev–Trinajstić information content (AvgIpc) is 2.87. The molecular weight excluding hydrogens is 530 g/mol. The lowest BCUT2D eigenvalue weighted by Gasteiger charge is -2.36. The third kappa shape index (κ3) is 6.40. The minimum Gasteiger partial charge on any atom is -0.457 e. The normalized spacial score (nSPS) is 12.1. The molecule has 0 amide bonds. The molecule has 0 unspecified atom stereocenters. The Hall–Kier alpha value is -4.74. The molecule has 0 radical (unpaired) electrons. The van der Waals surface area contributed by atoms with E-state index in [2.05, 4.69) is 9.47 Å². The van der Waals surface area contributed by atoms with E-state index < -0.39 is 29.6 Å². The number of hydrogen-bond donors (Lipinski definition) is 2. The van der Waals surface area contributed by atoms with Crippen LogP contribution in [0, 0.1) is 0 Å². The zero-order chi connectivity index (χ0) is 28.3. The van der Waals surface area contributed by atoms with Crippen LogP contribution in [-0.2, 0) is 0 Å². The summed E-state index contributed by atoms with van der Waals surface area (Å²) in [5, 5.41) is 0. The quantitative estimate of drug-likeness (QED) is 0.133. The van der Waals surface area contributed by atoms with Gasteiger partial charge in [-0.15, -0.1) is 0 Å². The molecule has 0 atom stereocenters. The predicted molar refractivity (Wildman–Crippen MR) is 131 cm³/mol. The van der Waals surface area contributed by atoms with Gasteiger partial charge in [-0.05, 0) is 97.1 Å². The van der Waals surface area contributed by atoms with Crippen molar-refractivity contribution in [1.82, 2.24) is 0 Å². The van der Waals surface area contributed by atoms with Crippen molar-refractivity contribution in [3.8, 4) is 34.5 Å². The van der Waals surface area contributed by atoms with E-state index >= 15 is 0 Å². The van der Waals surface area contributed by atoms with Crippen molar-refractivity contribution in [2.45, 2.75) is 18.1 Å². The van der Waals surface area contributed by atoms with Crippen LogP contribution >= 0.6 is 0 Å². The number of benzene rings is 4. The summed E-state index contributed by atoms with van der Waals surface area (Å²) in [5.74, 6) is -5.58. The summed E-state index contributed by atoms with van der Waals surface area (Å²) in [7, 11) is 0. The van der Waals surface area contributed by atoms with Crippen LogP contribution < -0.4 is 30.4 Å². The molecule has 0 aliphatic rings. The van der Waals surface area contributed by atoms with Crippen LogP contribution in [0.4, 0.5) is 37.7 Å². The molecule has 4 aromatic carbocycles. The third-order valence-corrected chi connectivity index (χ3v) is 5.15. The lowest BCUT2D eigenvalue weighted by Crippen LogP contribution is -2.65. The molecular formula is C27H20F6N2O4. The van der Waals surface area contributed by atoms with Gasteiger partial charge in [0.15, 0.2) is 0 Å². The fraction of sp³-hybridized carbons (Fsp3) is 0.111. The summed E-state index contributed by atoms with van der Waals surface area (Å²) in [4.78, 5) is 0. The van der Waals surface area contributed by atoms with E-state index in [0.717, 1.165) is 48.5 Å². The number of anilines is 2. The highest BCUT2D eigenvalue weighted by Gasteiger charge is 2.77. The van der Waals surface area contributed by atoms with Gasteiger partial charge >= 0.3 is 18.1 Å². The van der Waals surface area contributed by atoms with Gasteiger partial charge < -0.3 is 30.4 Å². The van der Waals surface area contributed by atoms with E-state index in [-0.39, 0.29) is 11.5 Å². The lowest BCUT2D eigenvalue weighted by atomic mass is 10.2. The first-order chi connectivity index (χ1) is 18.3. The molecule has 0 heterocycles. The number of rotatable bonds is 8. The second-order valence-electron chi connectivity index (χ2n) is 8.10. The van der Waals surface area contributed by atoms with Gasteiger partial charge in [0.2, 0.25) is 0 Å². The maximum atomic E-state index is 14.0. The van der Waals surface area contributed by atoms with Crippen molar-refractivity contribution >= 4 is 11.4 Å². The van der Waals surface area contributed by atoms with Crippen molar-refractivity contribution < 1.29 is 45.3 Å². The molecule has 0 bridgehead atoms. The summed E-state index contributed by atoms with van der Waals surface area (Å²) in [6, 6.07) is 20.5. The molecule has 12 heteroatoms. The lowest BCUT2D eigenvalue weighted by molar-refractivity contribution is -0.422. The number of hydrogen-bond acceptors (Lipinski definition) is 6. The van der Waals surface area contributed by atoms with Crippen molar-refractivity contribution in [3.63, 3.8) is 0 Å². The molecule has 0 spiro atoms. The number of halogens is 6. The number of nitrogen functional groups attached to an aromatic ring is 2. The summed E-state index contributed by atoms with van der Waals surface area (Å²) in [5.41, 5.74) is 12.1. The Balaban J connectivity index is 1.56. The first-order valence-corrected chi connectivity index (χ1v) is 11.1. The molecule has 39 heavy (non-hydrogen) atoms. The fourth-order valence-corrected chi connectivity index (χ4v) is 3.24. The molecule has 4 aromatic rings. The molecule has 6 nitrogen and oxygen atoms in total. The molecule has 0 fully saturated rings. The van der Waals surface area contributed by atoms with Gasteiger partial charge in [0, 0.05) is 11.4 Å². The highest BCUT2D eigenvalue weighted by Crippen LogP contribution is 2.47. The maximum Gasteiger partial charge on any atom is 0.478 e. The Labute approximate surface area is 218 Å². The number of ether oxygens (including phenoxy) is 4. The predicted octanol–water partition coefficient (Wildman–Crippen LogP) is 7.71. The Morgan fingerprint density at radius 2 is 0.615 bits per heavy atom. The van der Waals surface area contributed by atoms with Gasteiger partial charge in [-0.2, -0.15) is 26.3 Å².